The molecule has 0 radical (unpaired) electrons. The number of nitrogens with one attached hydrogen (secondary N) is 2. The van der Waals surface area contributed by atoms with Crippen LogP contribution in [0, 0.1) is 11.6 Å². The highest BCUT2D eigenvalue weighted by Gasteiger charge is 2.36. The first-order chi connectivity index (χ1) is 18.3. The molecule has 0 bridgehead atoms. The van der Waals surface area contributed by atoms with Crippen molar-refractivity contribution in [2.75, 3.05) is 32.7 Å². The van der Waals surface area contributed by atoms with Gasteiger partial charge in [0.05, 0.1) is 24.9 Å². The van der Waals surface area contributed by atoms with Crippen molar-refractivity contribution in [1.29, 1.82) is 0 Å². The maximum atomic E-state index is 13.9. The summed E-state index contributed by atoms with van der Waals surface area (Å²) in [5.41, 5.74) is 1.36. The molecule has 4 rings (SSSR count). The van der Waals surface area contributed by atoms with Crippen molar-refractivity contribution in [3.05, 3.63) is 71.3 Å². The normalized spacial score (nSPS) is 21.4. The van der Waals surface area contributed by atoms with Gasteiger partial charge in [-0.25, -0.2) is 13.6 Å². The van der Waals surface area contributed by atoms with E-state index in [0.717, 1.165) is 18.1 Å². The molecule has 1 unspecified atom stereocenters. The minimum absolute atomic E-state index is 0.0129. The fourth-order valence-corrected chi connectivity index (χ4v) is 5.07. The number of hydrogen-bond donors (Lipinski definition) is 3. The molecule has 4 atom stereocenters. The van der Waals surface area contributed by atoms with Crippen molar-refractivity contribution in [3.63, 3.8) is 0 Å². The van der Waals surface area contributed by atoms with Crippen LogP contribution in [-0.2, 0) is 22.6 Å². The monoisotopic (exact) mass is 530 g/mol. The Kier molecular flexibility index (Phi) is 9.65. The van der Waals surface area contributed by atoms with Crippen LogP contribution in [0.2, 0.25) is 0 Å². The van der Waals surface area contributed by atoms with Crippen LogP contribution >= 0.6 is 0 Å². The van der Waals surface area contributed by atoms with Crippen molar-refractivity contribution in [2.24, 2.45) is 0 Å². The van der Waals surface area contributed by atoms with E-state index in [1.807, 2.05) is 37.3 Å². The number of rotatable bonds is 10. The van der Waals surface area contributed by atoms with Crippen LogP contribution in [0.3, 0.4) is 0 Å². The second-order valence-corrected chi connectivity index (χ2v) is 10.00. The first kappa shape index (κ1) is 27.9. The minimum Gasteiger partial charge on any atom is -0.389 e. The summed E-state index contributed by atoms with van der Waals surface area (Å²) >= 11 is 0. The predicted molar refractivity (Wildman–Crippen MR) is 138 cm³/mol. The van der Waals surface area contributed by atoms with Crippen molar-refractivity contribution in [2.45, 2.75) is 57.1 Å². The van der Waals surface area contributed by atoms with Gasteiger partial charge in [-0.2, -0.15) is 0 Å². The van der Waals surface area contributed by atoms with E-state index < -0.39 is 35.9 Å². The first-order valence-electron chi connectivity index (χ1n) is 13.2. The number of amides is 3. The van der Waals surface area contributed by atoms with Gasteiger partial charge in [0.2, 0.25) is 5.91 Å². The van der Waals surface area contributed by atoms with Crippen LogP contribution in [0.1, 0.15) is 30.9 Å². The number of carbonyl (C=O) groups is 2. The lowest BCUT2D eigenvalue weighted by Gasteiger charge is -2.36. The lowest BCUT2D eigenvalue weighted by molar-refractivity contribution is -0.134. The van der Waals surface area contributed by atoms with E-state index in [4.69, 9.17) is 4.74 Å². The van der Waals surface area contributed by atoms with Gasteiger partial charge in [0, 0.05) is 38.3 Å². The largest absolute Gasteiger partial charge is 0.389 e. The van der Waals surface area contributed by atoms with Gasteiger partial charge in [-0.3, -0.25) is 4.79 Å². The summed E-state index contributed by atoms with van der Waals surface area (Å²) in [6, 6.07) is 11.2. The van der Waals surface area contributed by atoms with E-state index >= 15 is 0 Å². The van der Waals surface area contributed by atoms with Crippen molar-refractivity contribution >= 4 is 11.9 Å². The summed E-state index contributed by atoms with van der Waals surface area (Å²) in [4.78, 5) is 28.7. The molecule has 2 heterocycles. The summed E-state index contributed by atoms with van der Waals surface area (Å²) in [5, 5.41) is 17.4. The zero-order valence-corrected chi connectivity index (χ0v) is 21.6. The summed E-state index contributed by atoms with van der Waals surface area (Å²) < 4.78 is 33.8. The molecular formula is C28H36F2N4O4. The first-order valence-corrected chi connectivity index (χ1v) is 13.2. The molecule has 38 heavy (non-hydrogen) atoms. The number of ether oxygens (including phenoxy) is 1. The zero-order valence-electron chi connectivity index (χ0n) is 21.6. The molecule has 2 aromatic rings. The van der Waals surface area contributed by atoms with Crippen LogP contribution in [0.4, 0.5) is 13.6 Å². The quantitative estimate of drug-likeness (QED) is 0.439. The maximum absolute atomic E-state index is 13.9. The molecule has 2 saturated heterocycles. The van der Waals surface area contributed by atoms with Gasteiger partial charge in [-0.1, -0.05) is 37.3 Å². The molecule has 0 aromatic heterocycles. The molecule has 2 aliphatic heterocycles. The SMILES string of the molecule is CCCN1CCN(C(=O)N[C@@H](Cc2cc(F)cc(F)c2)[C@H](O)[C@H]2CC(OCc3ccccc3)CN2)CC1=O. The average Bonchev–Trinajstić information content (AvgIpc) is 3.37. The molecule has 3 N–H and O–H groups in total. The van der Waals surface area contributed by atoms with Crippen molar-refractivity contribution in [3.8, 4) is 0 Å². The number of piperazine rings is 1. The van der Waals surface area contributed by atoms with Crippen molar-refractivity contribution < 1.29 is 28.2 Å². The molecule has 8 nitrogen and oxygen atoms in total. The summed E-state index contributed by atoms with van der Waals surface area (Å²) in [6.45, 7) is 4.34. The highest BCUT2D eigenvalue weighted by atomic mass is 19.1. The number of carbonyl (C=O) groups excluding carboxylic acids is 2. The predicted octanol–water partition coefficient (Wildman–Crippen LogP) is 2.45. The van der Waals surface area contributed by atoms with Crippen LogP contribution < -0.4 is 10.6 Å². The van der Waals surface area contributed by atoms with Gasteiger partial charge in [-0.15, -0.1) is 0 Å². The van der Waals surface area contributed by atoms with Gasteiger partial charge in [0.15, 0.2) is 0 Å². The molecular weight excluding hydrogens is 494 g/mol. The standard InChI is InChI=1S/C28H36F2N4O4/c1-2-8-33-9-10-34(17-26(33)35)28(37)32-25(13-20-11-21(29)14-22(30)12-20)27(36)24-15-23(16-31-24)38-18-19-6-4-3-5-7-19/h3-7,11-12,14,23-25,27,31,36H,2,8-10,13,15-18H2,1H3,(H,32,37)/t23?,24-,25+,27-/m1/s1. The molecule has 3 amide bonds. The van der Waals surface area contributed by atoms with E-state index in [9.17, 15) is 23.5 Å². The molecule has 2 aliphatic rings. The number of benzene rings is 2. The average molecular weight is 531 g/mol. The van der Waals surface area contributed by atoms with Crippen LogP contribution in [0.25, 0.3) is 0 Å². The highest BCUT2D eigenvalue weighted by Crippen LogP contribution is 2.20. The summed E-state index contributed by atoms with van der Waals surface area (Å²) in [6.07, 6.45) is 0.154. The third-order valence-electron chi connectivity index (χ3n) is 7.06. The van der Waals surface area contributed by atoms with Gasteiger partial charge >= 0.3 is 6.03 Å². The number of aliphatic hydroxyl groups is 1. The van der Waals surface area contributed by atoms with Gasteiger partial charge in [0.1, 0.15) is 18.2 Å². The lowest BCUT2D eigenvalue weighted by Crippen LogP contribution is -2.59. The van der Waals surface area contributed by atoms with E-state index in [1.165, 1.54) is 17.0 Å². The summed E-state index contributed by atoms with van der Waals surface area (Å²) in [7, 11) is 0. The molecule has 0 spiro atoms. The van der Waals surface area contributed by atoms with Crippen LogP contribution in [-0.4, -0.2) is 83.9 Å². The number of hydrogen-bond acceptors (Lipinski definition) is 5. The molecule has 206 valence electrons. The lowest BCUT2D eigenvalue weighted by atomic mass is 9.95. The fourth-order valence-electron chi connectivity index (χ4n) is 5.07. The second-order valence-electron chi connectivity index (χ2n) is 10.00. The van der Waals surface area contributed by atoms with E-state index in [1.54, 1.807) is 4.90 Å². The Morgan fingerprint density at radius 2 is 1.89 bits per heavy atom. The molecule has 0 saturated carbocycles. The topological polar surface area (TPSA) is 94.1 Å². The molecule has 10 heteroatoms. The number of halogens is 2. The van der Waals surface area contributed by atoms with Crippen molar-refractivity contribution in [1.82, 2.24) is 20.4 Å². The van der Waals surface area contributed by atoms with Gasteiger partial charge in [0.25, 0.3) is 0 Å². The smallest absolute Gasteiger partial charge is 0.318 e. The Balaban J connectivity index is 1.41. The Bertz CT molecular complexity index is 1070. The van der Waals surface area contributed by atoms with Gasteiger partial charge in [-0.05, 0) is 42.5 Å². The maximum Gasteiger partial charge on any atom is 0.318 e. The Morgan fingerprint density at radius 1 is 1.16 bits per heavy atom. The minimum atomic E-state index is -1.06. The highest BCUT2D eigenvalue weighted by molar-refractivity contribution is 5.85. The number of aliphatic hydroxyl groups excluding tert-OH is 1. The molecule has 2 aromatic carbocycles. The zero-order chi connectivity index (χ0) is 27.1. The third-order valence-corrected chi connectivity index (χ3v) is 7.06. The van der Waals surface area contributed by atoms with E-state index in [-0.39, 0.29) is 25.0 Å². The van der Waals surface area contributed by atoms with E-state index in [2.05, 4.69) is 10.6 Å². The number of nitrogens with zero attached hydrogens (tertiary/aromatic N) is 2. The Hall–Kier alpha value is -3.08. The molecule has 2 fully saturated rings. The fraction of sp³-hybridized carbons (Fsp3) is 0.500. The third kappa shape index (κ3) is 7.49. The van der Waals surface area contributed by atoms with Crippen LogP contribution in [0.5, 0.6) is 0 Å². The second kappa shape index (κ2) is 13.1. The number of urea groups is 1. The Labute approximate surface area is 221 Å². The summed E-state index contributed by atoms with van der Waals surface area (Å²) in [5.74, 6) is -1.59. The Morgan fingerprint density at radius 3 is 2.58 bits per heavy atom. The molecule has 0 aliphatic carbocycles. The van der Waals surface area contributed by atoms with Crippen LogP contribution in [0.15, 0.2) is 48.5 Å². The van der Waals surface area contributed by atoms with E-state index in [0.29, 0.717) is 44.8 Å². The van der Waals surface area contributed by atoms with Gasteiger partial charge < -0.3 is 30.3 Å².